The molecule has 7 heteroatoms. The highest BCUT2D eigenvalue weighted by atomic mass is 16.5. The highest BCUT2D eigenvalue weighted by Gasteiger charge is 2.26. The Morgan fingerprint density at radius 3 is 2.93 bits per heavy atom. The zero-order valence-electron chi connectivity index (χ0n) is 16.3. The van der Waals surface area contributed by atoms with Crippen molar-refractivity contribution in [1.82, 2.24) is 15.3 Å². The van der Waals surface area contributed by atoms with Gasteiger partial charge in [0, 0.05) is 13.1 Å². The predicted octanol–water partition coefficient (Wildman–Crippen LogP) is 2.66. The third-order valence-electron chi connectivity index (χ3n) is 6.08. The van der Waals surface area contributed by atoms with Gasteiger partial charge in [-0.15, -0.1) is 0 Å². The third-order valence-corrected chi connectivity index (χ3v) is 6.08. The summed E-state index contributed by atoms with van der Waals surface area (Å²) < 4.78 is 11.6. The molecule has 0 radical (unpaired) electrons. The van der Waals surface area contributed by atoms with E-state index in [1.807, 2.05) is 0 Å². The average Bonchev–Trinajstić information content (AvgIpc) is 2.93. The molecule has 0 bridgehead atoms. The Hall–Kier alpha value is -2.38. The molecule has 2 aromatic rings. The standard InChI is InChI=1S/C21H27N5O2/c1-14-11-22-5-4-16(14)15-2-3-19-18(10-15)25-20-17(12-28-19)21(24-13-23-20)26-6-8-27-9-7-26/h2-3,10,13-14,16,22H,4-9,11-12H2,1H3,(H,23,24,25). The van der Waals surface area contributed by atoms with Gasteiger partial charge in [0.1, 0.15) is 30.3 Å². The van der Waals surface area contributed by atoms with E-state index in [2.05, 4.69) is 50.6 Å². The number of hydrogen-bond acceptors (Lipinski definition) is 7. The van der Waals surface area contributed by atoms with E-state index >= 15 is 0 Å². The molecule has 2 fully saturated rings. The molecular weight excluding hydrogens is 354 g/mol. The molecule has 2 unspecified atom stereocenters. The number of morpholine rings is 1. The number of nitrogens with one attached hydrogen (secondary N) is 2. The summed E-state index contributed by atoms with van der Waals surface area (Å²) in [5.74, 6) is 3.86. The van der Waals surface area contributed by atoms with E-state index in [1.54, 1.807) is 6.33 Å². The number of hydrogen-bond donors (Lipinski definition) is 2. The summed E-state index contributed by atoms with van der Waals surface area (Å²) in [5, 5.41) is 7.01. The van der Waals surface area contributed by atoms with Crippen LogP contribution in [0.3, 0.4) is 0 Å². The van der Waals surface area contributed by atoms with E-state index in [0.717, 1.165) is 68.0 Å². The lowest BCUT2D eigenvalue weighted by molar-refractivity contribution is 0.122. The number of fused-ring (bicyclic) bond motifs is 2. The van der Waals surface area contributed by atoms with Crippen molar-refractivity contribution in [3.05, 3.63) is 35.7 Å². The molecule has 3 aliphatic rings. The van der Waals surface area contributed by atoms with Gasteiger partial charge in [-0.25, -0.2) is 9.97 Å². The smallest absolute Gasteiger partial charge is 0.143 e. The van der Waals surface area contributed by atoms with E-state index in [1.165, 1.54) is 12.0 Å². The number of rotatable bonds is 2. The normalized spacial score (nSPS) is 24.4. The fourth-order valence-corrected chi connectivity index (χ4v) is 4.48. The first-order valence-corrected chi connectivity index (χ1v) is 10.2. The van der Waals surface area contributed by atoms with Gasteiger partial charge in [0.15, 0.2) is 0 Å². The third kappa shape index (κ3) is 3.29. The monoisotopic (exact) mass is 381 g/mol. The minimum atomic E-state index is 0.464. The summed E-state index contributed by atoms with van der Waals surface area (Å²) in [6.07, 6.45) is 2.81. The molecule has 1 aromatic carbocycles. The fraction of sp³-hybridized carbons (Fsp3) is 0.524. The van der Waals surface area contributed by atoms with Crippen molar-refractivity contribution < 1.29 is 9.47 Å². The van der Waals surface area contributed by atoms with E-state index in [4.69, 9.17) is 9.47 Å². The number of nitrogens with zero attached hydrogens (tertiary/aromatic N) is 3. The number of piperidine rings is 1. The van der Waals surface area contributed by atoms with Crippen LogP contribution in [0, 0.1) is 5.92 Å². The van der Waals surface area contributed by atoms with Gasteiger partial charge in [-0.05, 0) is 49.0 Å². The first kappa shape index (κ1) is 17.7. The lowest BCUT2D eigenvalue weighted by atomic mass is 9.82. The minimum Gasteiger partial charge on any atom is -0.486 e. The van der Waals surface area contributed by atoms with Crippen molar-refractivity contribution in [2.24, 2.45) is 5.92 Å². The fourth-order valence-electron chi connectivity index (χ4n) is 4.48. The Morgan fingerprint density at radius 2 is 2.07 bits per heavy atom. The van der Waals surface area contributed by atoms with Gasteiger partial charge in [-0.1, -0.05) is 13.0 Å². The molecular formula is C21H27N5O2. The molecule has 7 nitrogen and oxygen atoms in total. The van der Waals surface area contributed by atoms with Gasteiger partial charge in [-0.2, -0.15) is 0 Å². The molecule has 5 rings (SSSR count). The van der Waals surface area contributed by atoms with Crippen molar-refractivity contribution in [1.29, 1.82) is 0 Å². The molecule has 28 heavy (non-hydrogen) atoms. The Morgan fingerprint density at radius 1 is 1.18 bits per heavy atom. The van der Waals surface area contributed by atoms with Crippen molar-refractivity contribution >= 4 is 17.3 Å². The predicted molar refractivity (Wildman–Crippen MR) is 109 cm³/mol. The molecule has 1 aromatic heterocycles. The molecule has 3 aliphatic heterocycles. The number of ether oxygens (including phenoxy) is 2. The second-order valence-corrected chi connectivity index (χ2v) is 7.87. The molecule has 2 N–H and O–H groups in total. The van der Waals surface area contributed by atoms with Crippen molar-refractivity contribution in [2.75, 3.05) is 49.6 Å². The topological polar surface area (TPSA) is 71.5 Å². The highest BCUT2D eigenvalue weighted by Crippen LogP contribution is 2.39. The van der Waals surface area contributed by atoms with Crippen LogP contribution in [-0.2, 0) is 11.3 Å². The van der Waals surface area contributed by atoms with Gasteiger partial charge < -0.3 is 25.0 Å². The Kier molecular flexibility index (Phi) is 4.78. The summed E-state index contributed by atoms with van der Waals surface area (Å²) in [5.41, 5.74) is 3.38. The Balaban J connectivity index is 1.46. The zero-order chi connectivity index (χ0) is 18.9. The maximum absolute atomic E-state index is 6.16. The maximum atomic E-state index is 6.16. The second-order valence-electron chi connectivity index (χ2n) is 7.87. The van der Waals surface area contributed by atoms with Crippen LogP contribution in [-0.4, -0.2) is 49.4 Å². The van der Waals surface area contributed by atoms with E-state index in [-0.39, 0.29) is 0 Å². The van der Waals surface area contributed by atoms with E-state index in [0.29, 0.717) is 18.4 Å². The molecule has 4 heterocycles. The van der Waals surface area contributed by atoms with Crippen LogP contribution in [0.25, 0.3) is 0 Å². The quantitative estimate of drug-likeness (QED) is 0.829. The Labute approximate surface area is 165 Å². The summed E-state index contributed by atoms with van der Waals surface area (Å²) >= 11 is 0. The summed E-state index contributed by atoms with van der Waals surface area (Å²) in [6.45, 7) is 8.08. The summed E-state index contributed by atoms with van der Waals surface area (Å²) in [4.78, 5) is 11.3. The molecule has 0 amide bonds. The second kappa shape index (κ2) is 7.56. The maximum Gasteiger partial charge on any atom is 0.143 e. The molecule has 0 spiro atoms. The van der Waals surface area contributed by atoms with Crippen molar-refractivity contribution in [3.63, 3.8) is 0 Å². The van der Waals surface area contributed by atoms with Crippen LogP contribution in [0.15, 0.2) is 24.5 Å². The summed E-state index contributed by atoms with van der Waals surface area (Å²) in [6, 6.07) is 6.56. The Bertz CT molecular complexity index is 853. The van der Waals surface area contributed by atoms with Crippen LogP contribution in [0.1, 0.15) is 30.4 Å². The lowest BCUT2D eigenvalue weighted by Gasteiger charge is -2.30. The number of aromatic nitrogens is 2. The average molecular weight is 381 g/mol. The van der Waals surface area contributed by atoms with Crippen LogP contribution in [0.4, 0.5) is 17.3 Å². The molecule has 2 saturated heterocycles. The summed E-state index contributed by atoms with van der Waals surface area (Å²) in [7, 11) is 0. The molecule has 0 saturated carbocycles. The van der Waals surface area contributed by atoms with E-state index in [9.17, 15) is 0 Å². The number of anilines is 3. The molecule has 2 atom stereocenters. The zero-order valence-corrected chi connectivity index (χ0v) is 16.3. The molecule has 0 aliphatic carbocycles. The first-order chi connectivity index (χ1) is 13.8. The van der Waals surface area contributed by atoms with Gasteiger partial charge >= 0.3 is 0 Å². The van der Waals surface area contributed by atoms with Crippen LogP contribution < -0.4 is 20.3 Å². The SMILES string of the molecule is CC1CNCCC1c1ccc2c(c1)Nc1ncnc(N3CCOCC3)c1CO2. The highest BCUT2D eigenvalue weighted by molar-refractivity contribution is 5.71. The van der Waals surface area contributed by atoms with Gasteiger partial charge in [0.2, 0.25) is 0 Å². The first-order valence-electron chi connectivity index (χ1n) is 10.2. The van der Waals surface area contributed by atoms with Crippen molar-refractivity contribution in [2.45, 2.75) is 25.9 Å². The van der Waals surface area contributed by atoms with Gasteiger partial charge in [0.05, 0.1) is 24.5 Å². The van der Waals surface area contributed by atoms with E-state index < -0.39 is 0 Å². The minimum absolute atomic E-state index is 0.464. The molecule has 148 valence electrons. The van der Waals surface area contributed by atoms with Crippen molar-refractivity contribution in [3.8, 4) is 5.75 Å². The van der Waals surface area contributed by atoms with Crippen LogP contribution >= 0.6 is 0 Å². The lowest BCUT2D eigenvalue weighted by Crippen LogP contribution is -2.37. The van der Waals surface area contributed by atoms with Gasteiger partial charge in [0.25, 0.3) is 0 Å². The van der Waals surface area contributed by atoms with Crippen LogP contribution in [0.2, 0.25) is 0 Å². The number of benzene rings is 1. The van der Waals surface area contributed by atoms with Gasteiger partial charge in [-0.3, -0.25) is 0 Å². The largest absolute Gasteiger partial charge is 0.486 e. The van der Waals surface area contributed by atoms with Crippen LogP contribution in [0.5, 0.6) is 5.75 Å².